The Balaban J connectivity index is 1.72. The van der Waals surface area contributed by atoms with E-state index in [0.717, 1.165) is 16.0 Å². The predicted molar refractivity (Wildman–Crippen MR) is 102 cm³/mol. The van der Waals surface area contributed by atoms with Crippen molar-refractivity contribution in [2.75, 3.05) is 18.6 Å². The zero-order valence-electron chi connectivity index (χ0n) is 15.4. The Morgan fingerprint density at radius 2 is 1.61 bits per heavy atom. The lowest BCUT2D eigenvalue weighted by Crippen LogP contribution is -2.36. The van der Waals surface area contributed by atoms with Crippen molar-refractivity contribution in [2.45, 2.75) is 30.7 Å². The molecule has 8 heteroatoms. The highest BCUT2D eigenvalue weighted by molar-refractivity contribution is 7.89. The highest BCUT2D eigenvalue weighted by atomic mass is 32.2. The van der Waals surface area contributed by atoms with Crippen molar-refractivity contribution in [1.82, 2.24) is 4.31 Å². The lowest BCUT2D eigenvalue weighted by Gasteiger charge is -2.28. The van der Waals surface area contributed by atoms with Gasteiger partial charge in [-0.1, -0.05) is 24.3 Å². The number of rotatable bonds is 4. The van der Waals surface area contributed by atoms with Crippen molar-refractivity contribution in [1.29, 1.82) is 0 Å². The van der Waals surface area contributed by atoms with Crippen molar-refractivity contribution < 1.29 is 22.7 Å². The van der Waals surface area contributed by atoms with Crippen molar-refractivity contribution in [2.24, 2.45) is 0 Å². The Bertz CT molecular complexity index is 1050. The lowest BCUT2D eigenvalue weighted by molar-refractivity contribution is -0.121. The second-order valence-electron chi connectivity index (χ2n) is 6.81. The number of carbonyl (C=O) groups excluding carboxylic acids is 2. The largest absolute Gasteiger partial charge is 0.495 e. The molecule has 0 aromatic heterocycles. The Kier molecular flexibility index (Phi) is 4.68. The molecule has 0 spiro atoms. The quantitative estimate of drug-likeness (QED) is 0.734. The fourth-order valence-electron chi connectivity index (χ4n) is 3.67. The molecular weight excluding hydrogens is 380 g/mol. The molecule has 146 valence electrons. The third kappa shape index (κ3) is 3.08. The van der Waals surface area contributed by atoms with Gasteiger partial charge >= 0.3 is 0 Å². The molecular formula is C20H20N2O5S. The summed E-state index contributed by atoms with van der Waals surface area (Å²) in [6.07, 6.45) is 0.866. The van der Waals surface area contributed by atoms with E-state index in [9.17, 15) is 18.0 Å². The number of sulfonamides is 1. The SMILES string of the molecule is COc1ccc(S(=O)(=O)N2CCc3ccccc3C2)cc1N1C(=O)CCC1=O. The lowest BCUT2D eigenvalue weighted by atomic mass is 10.0. The molecule has 0 unspecified atom stereocenters. The van der Waals surface area contributed by atoms with Crippen LogP contribution in [-0.2, 0) is 32.6 Å². The van der Waals surface area contributed by atoms with Crippen LogP contribution in [-0.4, -0.2) is 38.2 Å². The monoisotopic (exact) mass is 400 g/mol. The summed E-state index contributed by atoms with van der Waals surface area (Å²) in [4.78, 5) is 25.3. The molecule has 4 rings (SSSR count). The molecule has 1 saturated heterocycles. The fraction of sp³-hybridized carbons (Fsp3) is 0.300. The van der Waals surface area contributed by atoms with Gasteiger partial charge in [0.1, 0.15) is 5.75 Å². The molecule has 28 heavy (non-hydrogen) atoms. The average Bonchev–Trinajstić information content (AvgIpc) is 3.05. The molecule has 0 radical (unpaired) electrons. The van der Waals surface area contributed by atoms with E-state index in [0.29, 0.717) is 19.5 Å². The highest BCUT2D eigenvalue weighted by Gasteiger charge is 2.34. The van der Waals surface area contributed by atoms with Crippen molar-refractivity contribution in [3.05, 3.63) is 53.6 Å². The maximum absolute atomic E-state index is 13.2. The summed E-state index contributed by atoms with van der Waals surface area (Å²) in [5.41, 5.74) is 2.31. The minimum Gasteiger partial charge on any atom is -0.495 e. The number of nitrogens with zero attached hydrogens (tertiary/aromatic N) is 2. The standard InChI is InChI=1S/C20H20N2O5S/c1-27-18-7-6-16(12-17(18)22-19(23)8-9-20(22)24)28(25,26)21-11-10-14-4-2-3-5-15(14)13-21/h2-7,12H,8-11,13H2,1H3. The molecule has 0 aliphatic carbocycles. The van der Waals surface area contributed by atoms with E-state index in [1.165, 1.54) is 29.6 Å². The van der Waals surface area contributed by atoms with Gasteiger partial charge in [-0.3, -0.25) is 9.59 Å². The van der Waals surface area contributed by atoms with Crippen LogP contribution in [0.4, 0.5) is 5.69 Å². The van der Waals surface area contributed by atoms with Crippen LogP contribution in [0.25, 0.3) is 0 Å². The number of carbonyl (C=O) groups is 2. The maximum atomic E-state index is 13.2. The Labute approximate surface area is 163 Å². The third-order valence-corrected chi connectivity index (χ3v) is 7.02. The summed E-state index contributed by atoms with van der Waals surface area (Å²) < 4.78 is 33.1. The van der Waals surface area contributed by atoms with E-state index < -0.39 is 10.0 Å². The van der Waals surface area contributed by atoms with E-state index in [1.54, 1.807) is 0 Å². The molecule has 7 nitrogen and oxygen atoms in total. The molecule has 0 bridgehead atoms. The average molecular weight is 400 g/mol. The molecule has 0 saturated carbocycles. The number of benzene rings is 2. The van der Waals surface area contributed by atoms with Crippen LogP contribution in [0.3, 0.4) is 0 Å². The summed E-state index contributed by atoms with van der Waals surface area (Å²) in [6.45, 7) is 0.670. The Hall–Kier alpha value is -2.71. The number of anilines is 1. The van der Waals surface area contributed by atoms with Crippen molar-refractivity contribution in [3.8, 4) is 5.75 Å². The molecule has 2 aliphatic heterocycles. The van der Waals surface area contributed by atoms with Crippen LogP contribution < -0.4 is 9.64 Å². The molecule has 2 aromatic carbocycles. The van der Waals surface area contributed by atoms with Gasteiger partial charge in [-0.2, -0.15) is 4.31 Å². The first-order valence-electron chi connectivity index (χ1n) is 9.02. The second kappa shape index (κ2) is 7.03. The number of hydrogen-bond acceptors (Lipinski definition) is 5. The van der Waals surface area contributed by atoms with Gasteiger partial charge in [0.25, 0.3) is 0 Å². The van der Waals surface area contributed by atoms with Crippen molar-refractivity contribution in [3.63, 3.8) is 0 Å². The Morgan fingerprint density at radius 3 is 2.29 bits per heavy atom. The number of hydrogen-bond donors (Lipinski definition) is 0. The summed E-state index contributed by atoms with van der Waals surface area (Å²) in [5.74, 6) is -0.430. The molecule has 2 heterocycles. The van der Waals surface area contributed by atoms with Crippen LogP contribution in [0.2, 0.25) is 0 Å². The smallest absolute Gasteiger partial charge is 0.243 e. The van der Waals surface area contributed by atoms with Gasteiger partial charge in [-0.25, -0.2) is 13.3 Å². The van der Waals surface area contributed by atoms with E-state index in [1.807, 2.05) is 24.3 Å². The summed E-state index contributed by atoms with van der Waals surface area (Å²) in [7, 11) is -2.37. The first-order valence-corrected chi connectivity index (χ1v) is 10.5. The number of fused-ring (bicyclic) bond motifs is 1. The minimum absolute atomic E-state index is 0.0372. The predicted octanol–water partition coefficient (Wildman–Crippen LogP) is 2.10. The topological polar surface area (TPSA) is 84.0 Å². The van der Waals surface area contributed by atoms with Gasteiger partial charge in [0.15, 0.2) is 0 Å². The Morgan fingerprint density at radius 1 is 0.929 bits per heavy atom. The summed E-state index contributed by atoms with van der Waals surface area (Å²) in [5, 5.41) is 0. The van der Waals surface area contributed by atoms with Crippen LogP contribution in [0.15, 0.2) is 47.4 Å². The number of amides is 2. The van der Waals surface area contributed by atoms with E-state index >= 15 is 0 Å². The van der Waals surface area contributed by atoms with E-state index in [2.05, 4.69) is 0 Å². The van der Waals surface area contributed by atoms with Gasteiger partial charge in [-0.15, -0.1) is 0 Å². The van der Waals surface area contributed by atoms with Crippen LogP contribution in [0.5, 0.6) is 5.75 Å². The zero-order chi connectivity index (χ0) is 19.9. The van der Waals surface area contributed by atoms with Crippen LogP contribution in [0, 0.1) is 0 Å². The zero-order valence-corrected chi connectivity index (χ0v) is 16.2. The molecule has 2 aliphatic rings. The molecule has 2 amide bonds. The summed E-state index contributed by atoms with van der Waals surface area (Å²) in [6, 6.07) is 12.1. The van der Waals surface area contributed by atoms with Gasteiger partial charge in [0, 0.05) is 25.9 Å². The van der Waals surface area contributed by atoms with Gasteiger partial charge in [-0.05, 0) is 35.7 Å². The fourth-order valence-corrected chi connectivity index (χ4v) is 5.11. The van der Waals surface area contributed by atoms with Crippen molar-refractivity contribution >= 4 is 27.5 Å². The molecule has 0 atom stereocenters. The van der Waals surface area contributed by atoms with Crippen LogP contribution in [0.1, 0.15) is 24.0 Å². The maximum Gasteiger partial charge on any atom is 0.243 e. The number of methoxy groups -OCH3 is 1. The third-order valence-electron chi connectivity index (χ3n) is 5.18. The van der Waals surface area contributed by atoms with E-state index in [-0.39, 0.29) is 41.0 Å². The molecule has 0 N–H and O–H groups in total. The van der Waals surface area contributed by atoms with Gasteiger partial charge < -0.3 is 4.74 Å². The second-order valence-corrected chi connectivity index (χ2v) is 8.75. The normalized spacial score (nSPS) is 17.7. The van der Waals surface area contributed by atoms with Gasteiger partial charge in [0.2, 0.25) is 21.8 Å². The van der Waals surface area contributed by atoms with Gasteiger partial charge in [0.05, 0.1) is 17.7 Å². The molecule has 1 fully saturated rings. The highest BCUT2D eigenvalue weighted by Crippen LogP contribution is 2.35. The van der Waals surface area contributed by atoms with E-state index in [4.69, 9.17) is 4.74 Å². The first kappa shape index (κ1) is 18.6. The summed E-state index contributed by atoms with van der Waals surface area (Å²) >= 11 is 0. The number of imide groups is 1. The van der Waals surface area contributed by atoms with Crippen LogP contribution >= 0.6 is 0 Å². The molecule has 2 aromatic rings. The first-order chi connectivity index (χ1) is 13.4. The number of ether oxygens (including phenoxy) is 1. The minimum atomic E-state index is -3.79.